The third-order valence-corrected chi connectivity index (χ3v) is 5.68. The highest BCUT2D eigenvalue weighted by molar-refractivity contribution is 5.98. The molecule has 0 radical (unpaired) electrons. The second-order valence-corrected chi connectivity index (χ2v) is 9.91. The Hall–Kier alpha value is -3.92. The zero-order valence-electron chi connectivity index (χ0n) is 21.9. The van der Waals surface area contributed by atoms with E-state index in [1.807, 2.05) is 36.2 Å². The van der Waals surface area contributed by atoms with Crippen molar-refractivity contribution in [3.63, 3.8) is 0 Å². The van der Waals surface area contributed by atoms with Gasteiger partial charge in [-0.25, -0.2) is 9.59 Å². The first kappa shape index (κ1) is 27.7. The number of hydrogen-bond acceptors (Lipinski definition) is 7. The summed E-state index contributed by atoms with van der Waals surface area (Å²) in [5.41, 5.74) is 1.66. The molecule has 0 bridgehead atoms. The molecule has 1 unspecified atom stereocenters. The molecule has 2 N–H and O–H groups in total. The van der Waals surface area contributed by atoms with Gasteiger partial charge in [0, 0.05) is 30.9 Å². The van der Waals surface area contributed by atoms with Crippen molar-refractivity contribution in [3.05, 3.63) is 59.7 Å². The molecule has 10 nitrogen and oxygen atoms in total. The first-order valence-electron chi connectivity index (χ1n) is 12.0. The van der Waals surface area contributed by atoms with Gasteiger partial charge in [-0.15, -0.1) is 0 Å². The zero-order chi connectivity index (χ0) is 27.2. The van der Waals surface area contributed by atoms with E-state index in [0.29, 0.717) is 24.3 Å². The van der Waals surface area contributed by atoms with Crippen molar-refractivity contribution in [2.24, 2.45) is 0 Å². The lowest BCUT2D eigenvalue weighted by Gasteiger charge is -2.32. The second-order valence-electron chi connectivity index (χ2n) is 9.91. The largest absolute Gasteiger partial charge is 0.465 e. The molecule has 37 heavy (non-hydrogen) atoms. The summed E-state index contributed by atoms with van der Waals surface area (Å²) >= 11 is 0. The summed E-state index contributed by atoms with van der Waals surface area (Å²) in [6.45, 7) is 6.98. The minimum Gasteiger partial charge on any atom is -0.465 e. The fourth-order valence-electron chi connectivity index (χ4n) is 3.81. The van der Waals surface area contributed by atoms with Crippen LogP contribution in [0.15, 0.2) is 48.5 Å². The SMILES string of the molecule is COC(=O)c1ccc(NC(=O)C(Cc2ccc(N3CCN(C)CC3=O)cc2)NC(=O)OC(C)(C)C)cc1. The van der Waals surface area contributed by atoms with Gasteiger partial charge in [0.05, 0.1) is 19.2 Å². The Balaban J connectivity index is 1.73. The summed E-state index contributed by atoms with van der Waals surface area (Å²) in [6, 6.07) is 12.6. The van der Waals surface area contributed by atoms with Crippen molar-refractivity contribution in [3.8, 4) is 0 Å². The van der Waals surface area contributed by atoms with Crippen LogP contribution in [0.3, 0.4) is 0 Å². The summed E-state index contributed by atoms with van der Waals surface area (Å²) in [4.78, 5) is 53.4. The molecule has 0 aliphatic carbocycles. The highest BCUT2D eigenvalue weighted by Crippen LogP contribution is 2.19. The first-order chi connectivity index (χ1) is 17.4. The fourth-order valence-corrected chi connectivity index (χ4v) is 3.81. The van der Waals surface area contributed by atoms with Crippen LogP contribution in [0, 0.1) is 0 Å². The number of nitrogens with zero attached hydrogens (tertiary/aromatic N) is 2. The van der Waals surface area contributed by atoms with E-state index >= 15 is 0 Å². The van der Waals surface area contributed by atoms with Gasteiger partial charge in [0.15, 0.2) is 0 Å². The maximum Gasteiger partial charge on any atom is 0.408 e. The van der Waals surface area contributed by atoms with E-state index in [0.717, 1.165) is 17.8 Å². The molecule has 2 aromatic carbocycles. The van der Waals surface area contributed by atoms with E-state index in [1.165, 1.54) is 19.2 Å². The minimum absolute atomic E-state index is 0.0311. The van der Waals surface area contributed by atoms with Crippen molar-refractivity contribution >= 4 is 35.3 Å². The maximum absolute atomic E-state index is 13.2. The lowest BCUT2D eigenvalue weighted by atomic mass is 10.0. The summed E-state index contributed by atoms with van der Waals surface area (Å²) < 4.78 is 10.0. The molecular formula is C27H34N4O6. The van der Waals surface area contributed by atoms with Gasteiger partial charge in [0.1, 0.15) is 11.6 Å². The van der Waals surface area contributed by atoms with E-state index in [-0.39, 0.29) is 12.3 Å². The average molecular weight is 511 g/mol. The van der Waals surface area contributed by atoms with Crippen molar-refractivity contribution in [2.45, 2.75) is 38.8 Å². The maximum atomic E-state index is 13.2. The Labute approximate surface area is 216 Å². The molecule has 3 rings (SSSR count). The molecule has 0 aromatic heterocycles. The number of anilines is 2. The predicted octanol–water partition coefficient (Wildman–Crippen LogP) is 2.83. The van der Waals surface area contributed by atoms with Crippen molar-refractivity contribution < 1.29 is 28.7 Å². The third-order valence-electron chi connectivity index (χ3n) is 5.68. The molecule has 1 atom stereocenters. The van der Waals surface area contributed by atoms with Crippen LogP contribution in [0.2, 0.25) is 0 Å². The van der Waals surface area contributed by atoms with Gasteiger partial charge in [0.2, 0.25) is 11.8 Å². The molecular weight excluding hydrogens is 476 g/mol. The number of nitrogens with one attached hydrogen (secondary N) is 2. The van der Waals surface area contributed by atoms with Gasteiger partial charge in [0.25, 0.3) is 0 Å². The number of esters is 1. The average Bonchev–Trinajstić information content (AvgIpc) is 2.83. The smallest absolute Gasteiger partial charge is 0.408 e. The van der Waals surface area contributed by atoms with Gasteiger partial charge in [-0.3, -0.25) is 14.5 Å². The number of carbonyl (C=O) groups is 4. The number of benzene rings is 2. The van der Waals surface area contributed by atoms with Gasteiger partial charge in [-0.2, -0.15) is 0 Å². The van der Waals surface area contributed by atoms with Crippen LogP contribution in [-0.2, 0) is 25.5 Å². The van der Waals surface area contributed by atoms with Crippen LogP contribution < -0.4 is 15.5 Å². The molecule has 2 aromatic rings. The van der Waals surface area contributed by atoms with Crippen molar-refractivity contribution in [2.75, 3.05) is 44.0 Å². The predicted molar refractivity (Wildman–Crippen MR) is 140 cm³/mol. The molecule has 1 aliphatic rings. The molecule has 198 valence electrons. The number of likely N-dealkylation sites (N-methyl/N-ethyl adjacent to an activating group) is 1. The third kappa shape index (κ3) is 8.04. The van der Waals surface area contributed by atoms with E-state index in [4.69, 9.17) is 9.47 Å². The number of hydrogen-bond donors (Lipinski definition) is 2. The molecule has 0 spiro atoms. The van der Waals surface area contributed by atoms with Crippen molar-refractivity contribution in [1.29, 1.82) is 0 Å². The summed E-state index contributed by atoms with van der Waals surface area (Å²) in [7, 11) is 3.20. The summed E-state index contributed by atoms with van der Waals surface area (Å²) in [5, 5.41) is 5.42. The second kappa shape index (κ2) is 11.9. The number of rotatable bonds is 7. The van der Waals surface area contributed by atoms with Crippen LogP contribution in [0.25, 0.3) is 0 Å². The number of piperazine rings is 1. The quantitative estimate of drug-likeness (QED) is 0.550. The summed E-state index contributed by atoms with van der Waals surface area (Å²) in [6.07, 6.45) is -0.518. The number of amides is 3. The normalized spacial score (nSPS) is 15.1. The van der Waals surface area contributed by atoms with E-state index in [2.05, 4.69) is 10.6 Å². The molecule has 1 heterocycles. The van der Waals surface area contributed by atoms with Gasteiger partial charge in [-0.1, -0.05) is 12.1 Å². The zero-order valence-corrected chi connectivity index (χ0v) is 21.9. The Bertz CT molecular complexity index is 1130. The van der Waals surface area contributed by atoms with Crippen LogP contribution in [0.4, 0.5) is 16.2 Å². The molecule has 1 saturated heterocycles. The van der Waals surface area contributed by atoms with Crippen LogP contribution in [0.1, 0.15) is 36.7 Å². The highest BCUT2D eigenvalue weighted by atomic mass is 16.6. The molecule has 3 amide bonds. The standard InChI is InChI=1S/C27H34N4O6/c1-27(2,3)37-26(35)29-22(24(33)28-20-10-8-19(9-11-20)25(34)36-5)16-18-6-12-21(13-7-18)31-15-14-30(4)17-23(31)32/h6-13,22H,14-17H2,1-5H3,(H,28,33)(H,29,35). The van der Waals surface area contributed by atoms with Crippen LogP contribution in [-0.4, -0.2) is 74.2 Å². The van der Waals surface area contributed by atoms with Gasteiger partial charge >= 0.3 is 12.1 Å². The van der Waals surface area contributed by atoms with Crippen LogP contribution >= 0.6 is 0 Å². The summed E-state index contributed by atoms with van der Waals surface area (Å²) in [5.74, 6) is -0.900. The molecule has 0 saturated carbocycles. The fraction of sp³-hybridized carbons (Fsp3) is 0.407. The van der Waals surface area contributed by atoms with Gasteiger partial charge < -0.3 is 25.0 Å². The topological polar surface area (TPSA) is 117 Å². The molecule has 1 fully saturated rings. The number of ether oxygens (including phenoxy) is 2. The number of carbonyl (C=O) groups excluding carboxylic acids is 4. The van der Waals surface area contributed by atoms with Crippen LogP contribution in [0.5, 0.6) is 0 Å². The lowest BCUT2D eigenvalue weighted by molar-refractivity contribution is -0.121. The Morgan fingerprint density at radius 2 is 1.65 bits per heavy atom. The minimum atomic E-state index is -0.939. The Kier molecular flexibility index (Phi) is 8.88. The van der Waals surface area contributed by atoms with E-state index < -0.39 is 29.6 Å². The Morgan fingerprint density at radius 3 is 2.22 bits per heavy atom. The van der Waals surface area contributed by atoms with E-state index in [1.54, 1.807) is 37.8 Å². The molecule has 10 heteroatoms. The Morgan fingerprint density at radius 1 is 1.00 bits per heavy atom. The van der Waals surface area contributed by atoms with Crippen molar-refractivity contribution in [1.82, 2.24) is 10.2 Å². The molecule has 1 aliphatic heterocycles. The monoisotopic (exact) mass is 510 g/mol. The van der Waals surface area contributed by atoms with E-state index in [9.17, 15) is 19.2 Å². The first-order valence-corrected chi connectivity index (χ1v) is 12.0. The number of methoxy groups -OCH3 is 1. The highest BCUT2D eigenvalue weighted by Gasteiger charge is 2.26. The lowest BCUT2D eigenvalue weighted by Crippen LogP contribution is -2.49. The number of alkyl carbamates (subject to hydrolysis) is 1. The van der Waals surface area contributed by atoms with Gasteiger partial charge in [-0.05, 0) is 69.8 Å².